The molecule has 0 unspecified atom stereocenters. The Balaban J connectivity index is 2.40. The lowest BCUT2D eigenvalue weighted by atomic mass is 9.98. The smallest absolute Gasteiger partial charge is 0.310 e. The van der Waals surface area contributed by atoms with Gasteiger partial charge < -0.3 is 14.8 Å². The quantitative estimate of drug-likeness (QED) is 0.587. The van der Waals surface area contributed by atoms with Crippen LogP contribution in [0, 0.1) is 5.92 Å². The molecular formula is C8H15NO3. The van der Waals surface area contributed by atoms with Crippen LogP contribution < -0.4 is 5.32 Å². The molecule has 0 aromatic carbocycles. The van der Waals surface area contributed by atoms with Gasteiger partial charge >= 0.3 is 5.97 Å². The second-order valence-electron chi connectivity index (χ2n) is 2.97. The van der Waals surface area contributed by atoms with Crippen LogP contribution in [0.25, 0.3) is 0 Å². The van der Waals surface area contributed by atoms with E-state index in [-0.39, 0.29) is 18.0 Å². The summed E-state index contributed by atoms with van der Waals surface area (Å²) in [5.41, 5.74) is 0. The number of hydrogen-bond donors (Lipinski definition) is 1. The molecule has 0 bridgehead atoms. The summed E-state index contributed by atoms with van der Waals surface area (Å²) >= 11 is 0. The predicted molar refractivity (Wildman–Crippen MR) is 43.8 cm³/mol. The van der Waals surface area contributed by atoms with E-state index in [0.717, 1.165) is 13.0 Å². The molecule has 1 fully saturated rings. The zero-order valence-electron chi connectivity index (χ0n) is 7.50. The number of rotatable bonds is 2. The summed E-state index contributed by atoms with van der Waals surface area (Å²) in [7, 11) is 3.07. The highest BCUT2D eigenvalue weighted by molar-refractivity contribution is 5.72. The first-order chi connectivity index (χ1) is 5.77. The molecule has 70 valence electrons. The molecule has 0 aliphatic carbocycles. The maximum atomic E-state index is 11.1. The Morgan fingerprint density at radius 1 is 1.42 bits per heavy atom. The van der Waals surface area contributed by atoms with Crippen molar-refractivity contribution in [2.24, 2.45) is 5.92 Å². The zero-order chi connectivity index (χ0) is 8.97. The third-order valence-corrected chi connectivity index (χ3v) is 2.18. The van der Waals surface area contributed by atoms with Crippen molar-refractivity contribution in [2.45, 2.75) is 12.5 Å². The van der Waals surface area contributed by atoms with E-state index in [0.29, 0.717) is 6.54 Å². The van der Waals surface area contributed by atoms with Gasteiger partial charge in [-0.3, -0.25) is 4.79 Å². The average molecular weight is 173 g/mol. The second-order valence-corrected chi connectivity index (χ2v) is 2.97. The van der Waals surface area contributed by atoms with Crippen molar-refractivity contribution >= 4 is 5.97 Å². The van der Waals surface area contributed by atoms with Gasteiger partial charge in [0.1, 0.15) is 0 Å². The largest absolute Gasteiger partial charge is 0.469 e. The topological polar surface area (TPSA) is 47.6 Å². The highest BCUT2D eigenvalue weighted by Gasteiger charge is 2.27. The molecule has 1 N–H and O–H groups in total. The van der Waals surface area contributed by atoms with Gasteiger partial charge in [0.05, 0.1) is 19.1 Å². The lowest BCUT2D eigenvalue weighted by Crippen LogP contribution is -2.43. The van der Waals surface area contributed by atoms with Crippen molar-refractivity contribution in [3.05, 3.63) is 0 Å². The minimum Gasteiger partial charge on any atom is -0.469 e. The van der Waals surface area contributed by atoms with Gasteiger partial charge in [-0.2, -0.15) is 0 Å². The Bertz CT molecular complexity index is 160. The van der Waals surface area contributed by atoms with E-state index < -0.39 is 0 Å². The molecule has 1 rings (SSSR count). The Morgan fingerprint density at radius 3 is 2.75 bits per heavy atom. The summed E-state index contributed by atoms with van der Waals surface area (Å²) in [5, 5.41) is 3.13. The van der Waals surface area contributed by atoms with Gasteiger partial charge in [-0.05, 0) is 6.42 Å². The van der Waals surface area contributed by atoms with E-state index in [9.17, 15) is 4.79 Å². The lowest BCUT2D eigenvalue weighted by Gasteiger charge is -2.27. The van der Waals surface area contributed by atoms with E-state index in [1.807, 2.05) is 0 Å². The Kier molecular flexibility index (Phi) is 3.49. The molecule has 0 amide bonds. The van der Waals surface area contributed by atoms with Crippen LogP contribution in [0.3, 0.4) is 0 Å². The fourth-order valence-corrected chi connectivity index (χ4v) is 1.43. The third kappa shape index (κ3) is 2.19. The van der Waals surface area contributed by atoms with E-state index in [2.05, 4.69) is 10.1 Å². The summed E-state index contributed by atoms with van der Waals surface area (Å²) in [6.07, 6.45) is 0.902. The molecular weight excluding hydrogens is 158 g/mol. The number of ether oxygens (including phenoxy) is 2. The SMILES string of the molecule is COC(=O)[C@H]1CNC[C@H](OC)C1. The minimum atomic E-state index is -0.149. The molecule has 1 aliphatic heterocycles. The van der Waals surface area contributed by atoms with Crippen molar-refractivity contribution in [3.8, 4) is 0 Å². The number of carbonyl (C=O) groups is 1. The van der Waals surface area contributed by atoms with Crippen LogP contribution in [0.15, 0.2) is 0 Å². The van der Waals surface area contributed by atoms with Crippen molar-refractivity contribution < 1.29 is 14.3 Å². The Hall–Kier alpha value is -0.610. The van der Waals surface area contributed by atoms with Gasteiger partial charge in [0, 0.05) is 20.2 Å². The Labute approximate surface area is 72.2 Å². The fraction of sp³-hybridized carbons (Fsp3) is 0.875. The van der Waals surface area contributed by atoms with Crippen LogP contribution in [0.4, 0.5) is 0 Å². The van der Waals surface area contributed by atoms with Gasteiger partial charge in [-0.1, -0.05) is 0 Å². The molecule has 0 aromatic rings. The maximum absolute atomic E-state index is 11.1. The van der Waals surface area contributed by atoms with Crippen molar-refractivity contribution in [1.82, 2.24) is 5.32 Å². The number of hydrogen-bond acceptors (Lipinski definition) is 4. The number of piperidine rings is 1. The molecule has 4 nitrogen and oxygen atoms in total. The van der Waals surface area contributed by atoms with E-state index in [1.54, 1.807) is 7.11 Å². The lowest BCUT2D eigenvalue weighted by molar-refractivity contribution is -0.147. The first-order valence-corrected chi connectivity index (χ1v) is 4.09. The standard InChI is InChI=1S/C8H15NO3/c1-11-7-3-6(4-9-5-7)8(10)12-2/h6-7,9H,3-5H2,1-2H3/t6-,7-/m1/s1. The van der Waals surface area contributed by atoms with E-state index >= 15 is 0 Å². The zero-order valence-corrected chi connectivity index (χ0v) is 7.50. The Morgan fingerprint density at radius 2 is 2.17 bits per heavy atom. The van der Waals surface area contributed by atoms with Crippen LogP contribution in [0.5, 0.6) is 0 Å². The van der Waals surface area contributed by atoms with Crippen molar-refractivity contribution in [2.75, 3.05) is 27.3 Å². The summed E-state index contributed by atoms with van der Waals surface area (Å²) < 4.78 is 9.79. The summed E-state index contributed by atoms with van der Waals surface area (Å²) in [4.78, 5) is 11.1. The highest BCUT2D eigenvalue weighted by atomic mass is 16.5. The summed E-state index contributed by atoms with van der Waals surface area (Å²) in [5.74, 6) is -0.196. The van der Waals surface area contributed by atoms with Crippen molar-refractivity contribution in [3.63, 3.8) is 0 Å². The summed E-state index contributed by atoms with van der Waals surface area (Å²) in [6, 6.07) is 0. The van der Waals surface area contributed by atoms with Crippen LogP contribution in [-0.4, -0.2) is 39.4 Å². The van der Waals surface area contributed by atoms with Crippen LogP contribution >= 0.6 is 0 Å². The van der Waals surface area contributed by atoms with E-state index in [4.69, 9.17) is 4.74 Å². The molecule has 12 heavy (non-hydrogen) atoms. The number of esters is 1. The molecule has 1 heterocycles. The third-order valence-electron chi connectivity index (χ3n) is 2.18. The highest BCUT2D eigenvalue weighted by Crippen LogP contribution is 2.13. The van der Waals surface area contributed by atoms with Gasteiger partial charge in [0.2, 0.25) is 0 Å². The number of nitrogens with one attached hydrogen (secondary N) is 1. The molecule has 0 aromatic heterocycles. The van der Waals surface area contributed by atoms with Gasteiger partial charge in [-0.15, -0.1) is 0 Å². The van der Waals surface area contributed by atoms with Gasteiger partial charge in [0.15, 0.2) is 0 Å². The number of methoxy groups -OCH3 is 2. The van der Waals surface area contributed by atoms with Crippen LogP contribution in [0.2, 0.25) is 0 Å². The van der Waals surface area contributed by atoms with E-state index in [1.165, 1.54) is 7.11 Å². The fourth-order valence-electron chi connectivity index (χ4n) is 1.43. The predicted octanol–water partition coefficient (Wildman–Crippen LogP) is -0.216. The first kappa shape index (κ1) is 9.48. The molecule has 0 radical (unpaired) electrons. The first-order valence-electron chi connectivity index (χ1n) is 4.09. The second kappa shape index (κ2) is 4.42. The number of carbonyl (C=O) groups excluding carboxylic acids is 1. The van der Waals surface area contributed by atoms with Crippen LogP contribution in [0.1, 0.15) is 6.42 Å². The minimum absolute atomic E-state index is 0.0475. The molecule has 1 saturated heterocycles. The molecule has 2 atom stereocenters. The normalized spacial score (nSPS) is 29.8. The average Bonchev–Trinajstić information content (AvgIpc) is 2.17. The van der Waals surface area contributed by atoms with Gasteiger partial charge in [-0.25, -0.2) is 0 Å². The molecule has 0 saturated carbocycles. The summed E-state index contributed by atoms with van der Waals surface area (Å²) in [6.45, 7) is 1.52. The monoisotopic (exact) mass is 173 g/mol. The maximum Gasteiger partial charge on any atom is 0.310 e. The molecule has 0 spiro atoms. The molecule has 1 aliphatic rings. The van der Waals surface area contributed by atoms with Crippen LogP contribution in [-0.2, 0) is 14.3 Å². The van der Waals surface area contributed by atoms with Crippen molar-refractivity contribution in [1.29, 1.82) is 0 Å². The molecule has 4 heteroatoms. The van der Waals surface area contributed by atoms with Gasteiger partial charge in [0.25, 0.3) is 0 Å².